The molecule has 0 saturated carbocycles. The smallest absolute Gasteiger partial charge is 0.267 e. The number of fused-ring (bicyclic) bond motifs is 1. The second-order valence-electron chi connectivity index (χ2n) is 4.54. The summed E-state index contributed by atoms with van der Waals surface area (Å²) in [4.78, 5) is 16.8. The molecule has 3 N–H and O–H groups in total. The Balaban J connectivity index is 1.98. The summed E-state index contributed by atoms with van der Waals surface area (Å²) in [5.41, 5.74) is 8.42. The van der Waals surface area contributed by atoms with E-state index in [4.69, 9.17) is 5.73 Å². The molecule has 3 rings (SSSR count). The predicted octanol–water partition coefficient (Wildman–Crippen LogP) is 3.44. The van der Waals surface area contributed by atoms with Crippen molar-refractivity contribution in [2.45, 2.75) is 6.92 Å². The normalized spacial score (nSPS) is 10.7. The number of amides is 1. The Morgan fingerprint density at radius 2 is 2.20 bits per heavy atom. The summed E-state index contributed by atoms with van der Waals surface area (Å²) in [7, 11) is 0. The number of hydrogen-bond acceptors (Lipinski definition) is 4. The van der Waals surface area contributed by atoms with Crippen molar-refractivity contribution < 1.29 is 4.79 Å². The van der Waals surface area contributed by atoms with Crippen molar-refractivity contribution in [2.75, 3.05) is 11.1 Å². The molecule has 3 aromatic rings. The van der Waals surface area contributed by atoms with Gasteiger partial charge in [-0.2, -0.15) is 0 Å². The first-order chi connectivity index (χ1) is 9.65. The van der Waals surface area contributed by atoms with E-state index < -0.39 is 0 Å². The van der Waals surface area contributed by atoms with E-state index in [-0.39, 0.29) is 5.91 Å². The lowest BCUT2D eigenvalue weighted by Crippen LogP contribution is -2.11. The molecule has 1 aromatic carbocycles. The highest BCUT2D eigenvalue weighted by Crippen LogP contribution is 2.34. The fourth-order valence-electron chi connectivity index (χ4n) is 2.02. The summed E-state index contributed by atoms with van der Waals surface area (Å²) in [6.07, 6.45) is 3.26. The van der Waals surface area contributed by atoms with Gasteiger partial charge >= 0.3 is 0 Å². The Bertz CT molecular complexity index is 780. The molecule has 100 valence electrons. The van der Waals surface area contributed by atoms with Gasteiger partial charge in [0.2, 0.25) is 0 Å². The number of carbonyl (C=O) groups is 1. The van der Waals surface area contributed by atoms with Gasteiger partial charge in [0, 0.05) is 16.3 Å². The van der Waals surface area contributed by atoms with Gasteiger partial charge in [0.05, 0.1) is 17.6 Å². The van der Waals surface area contributed by atoms with Crippen LogP contribution in [0.3, 0.4) is 0 Å². The molecule has 0 aliphatic carbocycles. The maximum Gasteiger partial charge on any atom is 0.267 e. The van der Waals surface area contributed by atoms with Crippen LogP contribution in [0.15, 0.2) is 42.7 Å². The number of carbonyl (C=O) groups excluding carboxylic acids is 1. The average molecular weight is 283 g/mol. The Morgan fingerprint density at radius 3 is 2.95 bits per heavy atom. The summed E-state index contributed by atoms with van der Waals surface area (Å²) in [6.45, 7) is 2.01. The van der Waals surface area contributed by atoms with Gasteiger partial charge in [-0.25, -0.2) is 0 Å². The molecule has 0 saturated heterocycles. The number of pyridine rings is 1. The molecule has 1 amide bonds. The zero-order valence-electron chi connectivity index (χ0n) is 10.9. The number of thiophene rings is 1. The number of nitrogens with zero attached hydrogens (tertiary/aromatic N) is 1. The van der Waals surface area contributed by atoms with Crippen molar-refractivity contribution in [1.82, 2.24) is 4.98 Å². The Morgan fingerprint density at radius 1 is 1.35 bits per heavy atom. The fraction of sp³-hybridized carbons (Fsp3) is 0.0667. The zero-order chi connectivity index (χ0) is 14.1. The SMILES string of the molecule is Cc1ccc2sc(C(=O)Nc3cccnc3)c(N)c2c1. The number of nitrogens with two attached hydrogens (primary N) is 1. The van der Waals surface area contributed by atoms with Crippen molar-refractivity contribution >= 4 is 38.7 Å². The minimum Gasteiger partial charge on any atom is -0.397 e. The molecule has 0 aliphatic heterocycles. The molecular formula is C15H13N3OS. The highest BCUT2D eigenvalue weighted by atomic mass is 32.1. The molecular weight excluding hydrogens is 270 g/mol. The van der Waals surface area contributed by atoms with Crippen LogP contribution in [0.1, 0.15) is 15.2 Å². The molecule has 0 fully saturated rings. The molecule has 0 radical (unpaired) electrons. The van der Waals surface area contributed by atoms with Crippen LogP contribution in [-0.2, 0) is 0 Å². The average Bonchev–Trinajstić information content (AvgIpc) is 2.77. The number of benzene rings is 1. The molecule has 4 nitrogen and oxygen atoms in total. The van der Waals surface area contributed by atoms with E-state index in [1.54, 1.807) is 24.5 Å². The Hall–Kier alpha value is -2.40. The van der Waals surface area contributed by atoms with Crippen molar-refractivity contribution in [2.24, 2.45) is 0 Å². The van der Waals surface area contributed by atoms with Gasteiger partial charge in [0.1, 0.15) is 4.88 Å². The third-order valence-electron chi connectivity index (χ3n) is 3.01. The second-order valence-corrected chi connectivity index (χ2v) is 5.59. The quantitative estimate of drug-likeness (QED) is 0.757. The number of aromatic nitrogens is 1. The van der Waals surface area contributed by atoms with Gasteiger partial charge in [-0.15, -0.1) is 11.3 Å². The monoisotopic (exact) mass is 283 g/mol. The van der Waals surface area contributed by atoms with E-state index in [1.807, 2.05) is 25.1 Å². The predicted molar refractivity (Wildman–Crippen MR) is 83.2 cm³/mol. The van der Waals surface area contributed by atoms with E-state index in [0.29, 0.717) is 16.3 Å². The molecule has 20 heavy (non-hydrogen) atoms. The van der Waals surface area contributed by atoms with Crippen LogP contribution in [0, 0.1) is 6.92 Å². The van der Waals surface area contributed by atoms with E-state index in [2.05, 4.69) is 10.3 Å². The number of hydrogen-bond donors (Lipinski definition) is 2. The highest BCUT2D eigenvalue weighted by molar-refractivity contribution is 7.21. The first-order valence-corrected chi connectivity index (χ1v) is 6.97. The van der Waals surface area contributed by atoms with Gasteiger partial charge < -0.3 is 11.1 Å². The van der Waals surface area contributed by atoms with Gasteiger partial charge in [-0.3, -0.25) is 9.78 Å². The number of rotatable bonds is 2. The zero-order valence-corrected chi connectivity index (χ0v) is 11.7. The maximum absolute atomic E-state index is 12.3. The lowest BCUT2D eigenvalue weighted by molar-refractivity contribution is 0.103. The molecule has 0 aliphatic rings. The summed E-state index contributed by atoms with van der Waals surface area (Å²) in [6, 6.07) is 9.57. The Kier molecular flexibility index (Phi) is 3.12. The van der Waals surface area contributed by atoms with Crippen molar-refractivity contribution in [3.8, 4) is 0 Å². The topological polar surface area (TPSA) is 68.0 Å². The molecule has 0 unspecified atom stereocenters. The van der Waals surface area contributed by atoms with E-state index in [0.717, 1.165) is 15.6 Å². The number of anilines is 2. The van der Waals surface area contributed by atoms with Gasteiger partial charge in [-0.1, -0.05) is 11.6 Å². The van der Waals surface area contributed by atoms with Crippen LogP contribution in [0.2, 0.25) is 0 Å². The van der Waals surface area contributed by atoms with Crippen molar-refractivity contribution in [3.63, 3.8) is 0 Å². The summed E-state index contributed by atoms with van der Waals surface area (Å²) < 4.78 is 1.02. The van der Waals surface area contributed by atoms with Gasteiger partial charge in [0.25, 0.3) is 5.91 Å². The first kappa shape index (κ1) is 12.6. The van der Waals surface area contributed by atoms with E-state index in [1.165, 1.54) is 11.3 Å². The highest BCUT2D eigenvalue weighted by Gasteiger charge is 2.16. The van der Waals surface area contributed by atoms with Crippen molar-refractivity contribution in [1.29, 1.82) is 0 Å². The molecule has 0 bridgehead atoms. The molecule has 2 aromatic heterocycles. The third kappa shape index (κ3) is 2.23. The minimum atomic E-state index is -0.200. The molecule has 0 atom stereocenters. The molecule has 2 heterocycles. The summed E-state index contributed by atoms with van der Waals surface area (Å²) in [5.74, 6) is -0.200. The van der Waals surface area contributed by atoms with Crippen LogP contribution in [0.25, 0.3) is 10.1 Å². The van der Waals surface area contributed by atoms with Crippen LogP contribution < -0.4 is 11.1 Å². The second kappa shape index (κ2) is 4.94. The van der Waals surface area contributed by atoms with Crippen LogP contribution in [-0.4, -0.2) is 10.9 Å². The van der Waals surface area contributed by atoms with Crippen LogP contribution in [0.4, 0.5) is 11.4 Å². The van der Waals surface area contributed by atoms with Gasteiger partial charge in [0.15, 0.2) is 0 Å². The summed E-state index contributed by atoms with van der Waals surface area (Å²) in [5, 5.41) is 3.74. The van der Waals surface area contributed by atoms with Crippen LogP contribution in [0.5, 0.6) is 0 Å². The Labute approximate surface area is 120 Å². The molecule has 5 heteroatoms. The number of aryl methyl sites for hydroxylation is 1. The largest absolute Gasteiger partial charge is 0.397 e. The van der Waals surface area contributed by atoms with E-state index >= 15 is 0 Å². The first-order valence-electron chi connectivity index (χ1n) is 6.15. The van der Waals surface area contributed by atoms with Gasteiger partial charge in [-0.05, 0) is 31.2 Å². The summed E-state index contributed by atoms with van der Waals surface area (Å²) >= 11 is 1.40. The lowest BCUT2D eigenvalue weighted by Gasteiger charge is -2.03. The standard InChI is InChI=1S/C15H13N3OS/c1-9-4-5-12-11(7-9)13(16)14(20-12)15(19)18-10-3-2-6-17-8-10/h2-8H,16H2,1H3,(H,18,19). The minimum absolute atomic E-state index is 0.200. The number of nitrogens with one attached hydrogen (secondary N) is 1. The third-order valence-corrected chi connectivity index (χ3v) is 4.19. The maximum atomic E-state index is 12.3. The van der Waals surface area contributed by atoms with Crippen LogP contribution >= 0.6 is 11.3 Å². The van der Waals surface area contributed by atoms with Crippen molar-refractivity contribution in [3.05, 3.63) is 53.2 Å². The fourth-order valence-corrected chi connectivity index (χ4v) is 3.02. The number of nitrogen functional groups attached to an aromatic ring is 1. The molecule has 0 spiro atoms. The lowest BCUT2D eigenvalue weighted by atomic mass is 10.1. The van der Waals surface area contributed by atoms with E-state index in [9.17, 15) is 4.79 Å².